The molecule has 3 heterocycles. The molecule has 3 aliphatic rings. The number of esters is 1. The molecule has 0 radical (unpaired) electrons. The van der Waals surface area contributed by atoms with Gasteiger partial charge in [-0.2, -0.15) is 11.8 Å². The topological polar surface area (TPSA) is 79.9 Å². The molecule has 1 unspecified atom stereocenters. The number of hydrogen-bond donors (Lipinski definition) is 2. The Kier molecular flexibility index (Phi) is 5.95. The number of hydrogen-bond acceptors (Lipinski definition) is 6. The molecule has 2 N–H and O–H groups in total. The van der Waals surface area contributed by atoms with E-state index in [0.717, 1.165) is 24.2 Å². The van der Waals surface area contributed by atoms with Crippen LogP contribution in [0.1, 0.15) is 24.8 Å². The highest BCUT2D eigenvalue weighted by molar-refractivity contribution is 8.00. The molecule has 0 bridgehead atoms. The second-order valence-corrected chi connectivity index (χ2v) is 8.53. The first kappa shape index (κ1) is 19.0. The van der Waals surface area contributed by atoms with Gasteiger partial charge in [-0.25, -0.2) is 9.59 Å². The summed E-state index contributed by atoms with van der Waals surface area (Å²) in [5.41, 5.74) is 0.973. The van der Waals surface area contributed by atoms with E-state index in [-0.39, 0.29) is 36.7 Å². The van der Waals surface area contributed by atoms with Crippen molar-refractivity contribution in [3.8, 4) is 0 Å². The van der Waals surface area contributed by atoms with Gasteiger partial charge in [-0.05, 0) is 24.8 Å². The molecule has 3 aliphatic heterocycles. The summed E-state index contributed by atoms with van der Waals surface area (Å²) in [6.07, 6.45) is 5.93. The first-order valence-corrected chi connectivity index (χ1v) is 10.7. The van der Waals surface area contributed by atoms with E-state index in [0.29, 0.717) is 18.4 Å². The largest absolute Gasteiger partial charge is 0.479 e. The number of ether oxygens (including phenoxy) is 2. The maximum absolute atomic E-state index is 12.7. The molecule has 2 saturated heterocycles. The molecule has 1 aromatic rings. The van der Waals surface area contributed by atoms with Crippen molar-refractivity contribution in [1.29, 1.82) is 0 Å². The summed E-state index contributed by atoms with van der Waals surface area (Å²) in [6.45, 7) is 0.641. The highest BCUT2D eigenvalue weighted by Gasteiger charge is 2.42. The number of amides is 2. The van der Waals surface area contributed by atoms with Crippen LogP contribution < -0.4 is 10.6 Å². The summed E-state index contributed by atoms with van der Waals surface area (Å²) < 4.78 is 10.8. The van der Waals surface area contributed by atoms with E-state index in [1.807, 2.05) is 47.0 Å². The molecule has 0 spiro atoms. The van der Waals surface area contributed by atoms with Gasteiger partial charge < -0.3 is 25.0 Å². The van der Waals surface area contributed by atoms with E-state index in [9.17, 15) is 9.59 Å². The number of urea groups is 1. The van der Waals surface area contributed by atoms with Crippen molar-refractivity contribution < 1.29 is 19.1 Å². The second kappa shape index (κ2) is 8.77. The van der Waals surface area contributed by atoms with Crippen molar-refractivity contribution in [2.45, 2.75) is 49.2 Å². The van der Waals surface area contributed by atoms with Crippen molar-refractivity contribution >= 4 is 23.8 Å². The number of rotatable bonds is 8. The van der Waals surface area contributed by atoms with Gasteiger partial charge in [-0.3, -0.25) is 0 Å². The Hall–Kier alpha value is -2.35. The van der Waals surface area contributed by atoms with Gasteiger partial charge in [0.15, 0.2) is 6.73 Å². The summed E-state index contributed by atoms with van der Waals surface area (Å²) in [5.74, 6) is 0.714. The summed E-state index contributed by atoms with van der Waals surface area (Å²) >= 11 is 1.89. The Bertz CT molecular complexity index is 729. The van der Waals surface area contributed by atoms with E-state index < -0.39 is 0 Å². The van der Waals surface area contributed by atoms with Crippen LogP contribution in [0.15, 0.2) is 42.8 Å². The van der Waals surface area contributed by atoms with Crippen LogP contribution >= 0.6 is 11.8 Å². The van der Waals surface area contributed by atoms with E-state index in [1.54, 1.807) is 12.5 Å². The molecule has 0 saturated carbocycles. The predicted octanol–water partition coefficient (Wildman–Crippen LogP) is 2.19. The maximum atomic E-state index is 12.7. The molecule has 2 fully saturated rings. The van der Waals surface area contributed by atoms with Gasteiger partial charge in [0, 0.05) is 17.2 Å². The van der Waals surface area contributed by atoms with Crippen molar-refractivity contribution in [3.63, 3.8) is 0 Å². The smallest absolute Gasteiger partial charge is 0.329 e. The molecule has 150 valence electrons. The third-order valence-corrected chi connectivity index (χ3v) is 6.88. The Morgan fingerprint density at radius 1 is 1.32 bits per heavy atom. The Morgan fingerprint density at radius 2 is 2.18 bits per heavy atom. The lowest BCUT2D eigenvalue weighted by molar-refractivity contribution is -0.151. The third-order valence-electron chi connectivity index (χ3n) is 5.37. The van der Waals surface area contributed by atoms with Gasteiger partial charge in [0.25, 0.3) is 0 Å². The lowest BCUT2D eigenvalue weighted by Gasteiger charge is -2.25. The van der Waals surface area contributed by atoms with E-state index in [1.165, 1.54) is 0 Å². The summed E-state index contributed by atoms with van der Waals surface area (Å²) in [7, 11) is 0. The molecular weight excluding hydrogens is 378 g/mol. The van der Waals surface area contributed by atoms with Gasteiger partial charge in [-0.1, -0.05) is 30.3 Å². The molecule has 1 aromatic carbocycles. The summed E-state index contributed by atoms with van der Waals surface area (Å²) in [4.78, 5) is 26.1. The van der Waals surface area contributed by atoms with Gasteiger partial charge in [-0.15, -0.1) is 0 Å². The number of benzene rings is 1. The second-order valence-electron chi connectivity index (χ2n) is 7.26. The average molecular weight is 404 g/mol. The number of carbonyl (C=O) groups is 2. The minimum absolute atomic E-state index is 0.0676. The number of thioether (sulfide) groups is 1. The zero-order valence-corrected chi connectivity index (χ0v) is 16.4. The lowest BCUT2D eigenvalue weighted by Crippen LogP contribution is -2.39. The number of carbonyl (C=O) groups excluding carboxylic acids is 2. The quantitative estimate of drug-likeness (QED) is 0.512. The fraction of sp³-hybridized carbons (Fsp3) is 0.500. The van der Waals surface area contributed by atoms with Crippen molar-refractivity contribution in [2.75, 3.05) is 12.5 Å². The molecule has 0 aliphatic carbocycles. The van der Waals surface area contributed by atoms with Crippen LogP contribution in [0.2, 0.25) is 0 Å². The molecule has 0 aromatic heterocycles. The van der Waals surface area contributed by atoms with Crippen LogP contribution in [-0.2, 0) is 20.9 Å². The van der Waals surface area contributed by atoms with E-state index in [2.05, 4.69) is 10.6 Å². The minimum atomic E-state index is -0.360. The molecule has 2 amide bonds. The number of nitrogens with one attached hydrogen (secondary N) is 2. The zero-order chi connectivity index (χ0) is 19.3. The highest BCUT2D eigenvalue weighted by atomic mass is 32.2. The fourth-order valence-corrected chi connectivity index (χ4v) is 5.43. The van der Waals surface area contributed by atoms with Gasteiger partial charge in [0.2, 0.25) is 0 Å². The monoisotopic (exact) mass is 403 g/mol. The molecule has 8 heteroatoms. The van der Waals surface area contributed by atoms with Crippen molar-refractivity contribution in [1.82, 2.24) is 15.5 Å². The molecule has 4 rings (SSSR count). The minimum Gasteiger partial charge on any atom is -0.479 e. The standard InChI is InChI=1S/C20H25N3O4S/c24-19(27-11-14-5-2-1-3-6-14)16(23-9-10-26-13-23)7-4-8-17-18-15(12-28-17)21-20(25)22-18/h1-3,5-6,9-10,15-18H,4,7-8,11-13H2,(H2,21,22,25)/t15-,16?,17-,18-/m0/s1. The number of fused-ring (bicyclic) bond motifs is 1. The molecular formula is C20H25N3O4S. The highest BCUT2D eigenvalue weighted by Crippen LogP contribution is 2.33. The fourth-order valence-electron chi connectivity index (χ4n) is 3.89. The third kappa shape index (κ3) is 4.38. The SMILES string of the molecule is O=C1N[C@H]2[C@H](CS[C@H]2CCCC(C(=O)OCc2ccccc2)N2C=COC2)N1. The molecule has 4 atom stereocenters. The predicted molar refractivity (Wildman–Crippen MR) is 106 cm³/mol. The van der Waals surface area contributed by atoms with Gasteiger partial charge in [0.1, 0.15) is 18.9 Å². The first-order valence-electron chi connectivity index (χ1n) is 9.64. The van der Waals surface area contributed by atoms with E-state index in [4.69, 9.17) is 9.47 Å². The van der Waals surface area contributed by atoms with Crippen molar-refractivity contribution in [2.24, 2.45) is 0 Å². The average Bonchev–Trinajstić information content (AvgIpc) is 3.43. The zero-order valence-electron chi connectivity index (χ0n) is 15.6. The summed E-state index contributed by atoms with van der Waals surface area (Å²) in [6, 6.07) is 9.68. The van der Waals surface area contributed by atoms with Crippen LogP contribution in [0.25, 0.3) is 0 Å². The van der Waals surface area contributed by atoms with E-state index >= 15 is 0 Å². The van der Waals surface area contributed by atoms with Gasteiger partial charge >= 0.3 is 12.0 Å². The molecule has 28 heavy (non-hydrogen) atoms. The number of nitrogens with zero attached hydrogens (tertiary/aromatic N) is 1. The maximum Gasteiger partial charge on any atom is 0.329 e. The van der Waals surface area contributed by atoms with Crippen LogP contribution in [0.5, 0.6) is 0 Å². The lowest BCUT2D eigenvalue weighted by atomic mass is 10.0. The van der Waals surface area contributed by atoms with Crippen LogP contribution in [0.4, 0.5) is 4.79 Å². The van der Waals surface area contributed by atoms with Crippen LogP contribution in [0, 0.1) is 0 Å². The van der Waals surface area contributed by atoms with Gasteiger partial charge in [0.05, 0.1) is 12.1 Å². The first-order chi connectivity index (χ1) is 13.7. The molecule has 7 nitrogen and oxygen atoms in total. The van der Waals surface area contributed by atoms with Crippen LogP contribution in [-0.4, -0.2) is 52.8 Å². The summed E-state index contributed by atoms with van der Waals surface area (Å²) in [5, 5.41) is 6.36. The Labute approximate surface area is 168 Å². The van der Waals surface area contributed by atoms with Crippen LogP contribution in [0.3, 0.4) is 0 Å². The normalized spacial score (nSPS) is 26.4. The Morgan fingerprint density at radius 3 is 2.96 bits per heavy atom. The van der Waals surface area contributed by atoms with Crippen molar-refractivity contribution in [3.05, 3.63) is 48.4 Å². The Balaban J connectivity index is 1.29.